The zero-order valence-corrected chi connectivity index (χ0v) is 13.4. The van der Waals surface area contributed by atoms with Gasteiger partial charge in [0.05, 0.1) is 25.6 Å². The molecule has 5 nitrogen and oxygen atoms in total. The summed E-state index contributed by atoms with van der Waals surface area (Å²) in [6.07, 6.45) is -0.226. The van der Waals surface area contributed by atoms with Gasteiger partial charge >= 0.3 is 7.60 Å². The lowest BCUT2D eigenvalue weighted by molar-refractivity contribution is -0.114. The summed E-state index contributed by atoms with van der Waals surface area (Å²) in [6.45, 7) is 6.18. The van der Waals surface area contributed by atoms with E-state index in [0.29, 0.717) is 11.0 Å². The number of ether oxygens (including phenoxy) is 1. The first-order chi connectivity index (χ1) is 8.47. The average molecular weight is 314 g/mol. The summed E-state index contributed by atoms with van der Waals surface area (Å²) in [5, 5.41) is 0. The van der Waals surface area contributed by atoms with Crippen molar-refractivity contribution in [3.63, 3.8) is 0 Å². The number of rotatable bonds is 9. The Morgan fingerprint density at radius 3 is 2.17 bits per heavy atom. The molecule has 0 aliphatic rings. The van der Waals surface area contributed by atoms with Crippen LogP contribution in [0.25, 0.3) is 0 Å². The second-order valence-corrected chi connectivity index (χ2v) is 6.75. The van der Waals surface area contributed by atoms with E-state index in [4.69, 9.17) is 26.0 Å². The Bertz CT molecular complexity index is 311. The molecule has 0 aliphatic heterocycles. The van der Waals surface area contributed by atoms with Crippen LogP contribution in [0.3, 0.4) is 0 Å². The number of carbonyl (C=O) groups is 1. The fourth-order valence-electron chi connectivity index (χ4n) is 1.08. The Morgan fingerprint density at radius 2 is 1.72 bits per heavy atom. The molecule has 18 heavy (non-hydrogen) atoms. The molecule has 0 rings (SSSR count). The smallest absolute Gasteiger partial charge is 0.338 e. The molecule has 0 heterocycles. The lowest BCUT2D eigenvalue weighted by atomic mass is 10.5. The summed E-state index contributed by atoms with van der Waals surface area (Å²) in [5.74, 6) is -0.115. The molecule has 0 fully saturated rings. The number of hydrogen-bond acceptors (Lipinski definition) is 7. The van der Waals surface area contributed by atoms with Crippen molar-refractivity contribution in [2.45, 2.75) is 20.8 Å². The predicted octanol–water partition coefficient (Wildman–Crippen LogP) is 2.88. The molecule has 0 unspecified atom stereocenters. The maximum atomic E-state index is 12.1. The number of thiocarbonyl (C=S) groups is 1. The van der Waals surface area contributed by atoms with E-state index >= 15 is 0 Å². The van der Waals surface area contributed by atoms with Gasteiger partial charge in [0.1, 0.15) is 6.16 Å². The third-order valence-corrected chi connectivity index (χ3v) is 4.97. The number of thioether (sulfide) groups is 1. The van der Waals surface area contributed by atoms with E-state index in [1.165, 1.54) is 0 Å². The third-order valence-electron chi connectivity index (χ3n) is 1.63. The molecule has 0 aromatic heterocycles. The topological polar surface area (TPSA) is 61.8 Å². The van der Waals surface area contributed by atoms with Crippen molar-refractivity contribution in [1.82, 2.24) is 0 Å². The first-order valence-electron chi connectivity index (χ1n) is 5.66. The second kappa shape index (κ2) is 9.92. The van der Waals surface area contributed by atoms with Crippen molar-refractivity contribution in [2.24, 2.45) is 0 Å². The van der Waals surface area contributed by atoms with E-state index in [1.54, 1.807) is 13.8 Å². The lowest BCUT2D eigenvalue weighted by Gasteiger charge is -2.15. The Morgan fingerprint density at radius 1 is 1.17 bits per heavy atom. The van der Waals surface area contributed by atoms with Crippen LogP contribution >= 0.6 is 31.6 Å². The summed E-state index contributed by atoms with van der Waals surface area (Å²) in [5.41, 5.74) is 0. The van der Waals surface area contributed by atoms with Gasteiger partial charge in [-0.15, -0.1) is 0 Å². The zero-order valence-electron chi connectivity index (χ0n) is 10.8. The molecular formula is C10H19O5PS2. The first kappa shape index (κ1) is 18.1. The van der Waals surface area contributed by atoms with Gasteiger partial charge in [-0.05, 0) is 33.0 Å². The average Bonchev–Trinajstić information content (AvgIpc) is 2.27. The van der Waals surface area contributed by atoms with E-state index in [9.17, 15) is 9.36 Å². The van der Waals surface area contributed by atoms with Crippen LogP contribution < -0.4 is 0 Å². The summed E-state index contributed by atoms with van der Waals surface area (Å²) in [7, 11) is -3.30. The van der Waals surface area contributed by atoms with Gasteiger partial charge in [0, 0.05) is 0 Å². The fourth-order valence-corrected chi connectivity index (χ4v) is 3.70. The molecular weight excluding hydrogens is 295 g/mol. The summed E-state index contributed by atoms with van der Waals surface area (Å²) in [6, 6.07) is 0. The molecule has 106 valence electrons. The molecule has 0 aromatic carbocycles. The van der Waals surface area contributed by atoms with Crippen LogP contribution in [-0.4, -0.2) is 41.9 Å². The van der Waals surface area contributed by atoms with Gasteiger partial charge in [-0.25, -0.2) is 0 Å². The van der Waals surface area contributed by atoms with Crippen molar-refractivity contribution in [1.29, 1.82) is 0 Å². The fraction of sp³-hybridized carbons (Fsp3) is 0.800. The van der Waals surface area contributed by atoms with Crippen LogP contribution in [0.5, 0.6) is 0 Å². The van der Waals surface area contributed by atoms with Crippen LogP contribution in [0.2, 0.25) is 0 Å². The standard InChI is InChI=1S/C10H19O5PS2/c1-4-13-10(17)18-8-9(11)7-16(12,14-5-2)15-6-3/h4-8H2,1-3H3. The Kier molecular flexibility index (Phi) is 9.95. The van der Waals surface area contributed by atoms with Gasteiger partial charge in [0.2, 0.25) is 4.38 Å². The van der Waals surface area contributed by atoms with Gasteiger partial charge in [0.15, 0.2) is 5.78 Å². The molecule has 0 amide bonds. The van der Waals surface area contributed by atoms with Crippen LogP contribution in [0.15, 0.2) is 0 Å². The van der Waals surface area contributed by atoms with Gasteiger partial charge in [-0.2, -0.15) is 0 Å². The third kappa shape index (κ3) is 8.21. The molecule has 0 saturated carbocycles. The quantitative estimate of drug-likeness (QED) is 0.479. The highest BCUT2D eigenvalue weighted by atomic mass is 32.2. The van der Waals surface area contributed by atoms with Crippen LogP contribution in [0.4, 0.5) is 0 Å². The number of carbonyl (C=O) groups excluding carboxylic acids is 1. The molecule has 0 saturated heterocycles. The van der Waals surface area contributed by atoms with Crippen molar-refractivity contribution < 1.29 is 23.1 Å². The zero-order chi connectivity index (χ0) is 14.0. The number of Topliss-reactive ketones (excluding diaryl/α,β-unsaturated/α-hetero) is 1. The van der Waals surface area contributed by atoms with Crippen LogP contribution in [0, 0.1) is 0 Å². The number of ketones is 1. The van der Waals surface area contributed by atoms with Gasteiger partial charge in [0.25, 0.3) is 0 Å². The molecule has 0 radical (unpaired) electrons. The minimum absolute atomic E-state index is 0.114. The lowest BCUT2D eigenvalue weighted by Crippen LogP contribution is -2.13. The van der Waals surface area contributed by atoms with Crippen LogP contribution in [-0.2, 0) is 23.1 Å². The monoisotopic (exact) mass is 314 g/mol. The first-order valence-corrected chi connectivity index (χ1v) is 8.79. The van der Waals surface area contributed by atoms with Crippen molar-refractivity contribution in [3.8, 4) is 0 Å². The Hall–Kier alpha value is 0.0600. The molecule has 0 atom stereocenters. The minimum atomic E-state index is -3.30. The molecule has 0 bridgehead atoms. The maximum Gasteiger partial charge on any atom is 0.338 e. The van der Waals surface area contributed by atoms with E-state index in [-0.39, 0.29) is 30.9 Å². The normalized spacial score (nSPS) is 11.3. The summed E-state index contributed by atoms with van der Waals surface area (Å²) < 4.78 is 27.5. The van der Waals surface area contributed by atoms with Gasteiger partial charge in [-0.1, -0.05) is 11.8 Å². The SMILES string of the molecule is CCOC(=S)SCC(=O)CP(=O)(OCC)OCC. The molecule has 0 N–H and O–H groups in total. The molecule has 0 aliphatic carbocycles. The molecule has 8 heteroatoms. The van der Waals surface area contributed by atoms with E-state index < -0.39 is 7.60 Å². The number of hydrogen-bond donors (Lipinski definition) is 0. The maximum absolute atomic E-state index is 12.1. The highest BCUT2D eigenvalue weighted by Crippen LogP contribution is 2.47. The van der Waals surface area contributed by atoms with E-state index in [0.717, 1.165) is 11.8 Å². The van der Waals surface area contributed by atoms with Gasteiger partial charge in [-0.3, -0.25) is 9.36 Å². The second-order valence-electron chi connectivity index (χ2n) is 3.11. The molecule has 0 spiro atoms. The highest BCUT2D eigenvalue weighted by molar-refractivity contribution is 8.23. The van der Waals surface area contributed by atoms with Crippen molar-refractivity contribution >= 4 is 41.7 Å². The Balaban J connectivity index is 4.18. The summed E-state index contributed by atoms with van der Waals surface area (Å²) >= 11 is 5.99. The van der Waals surface area contributed by atoms with Crippen molar-refractivity contribution in [3.05, 3.63) is 0 Å². The van der Waals surface area contributed by atoms with Crippen molar-refractivity contribution in [2.75, 3.05) is 31.7 Å². The van der Waals surface area contributed by atoms with Gasteiger partial charge < -0.3 is 13.8 Å². The van der Waals surface area contributed by atoms with E-state index in [1.807, 2.05) is 6.92 Å². The summed E-state index contributed by atoms with van der Waals surface area (Å²) in [4.78, 5) is 11.6. The largest absolute Gasteiger partial charge is 0.479 e. The predicted molar refractivity (Wildman–Crippen MR) is 77.4 cm³/mol. The highest BCUT2D eigenvalue weighted by Gasteiger charge is 2.27. The molecule has 0 aromatic rings. The van der Waals surface area contributed by atoms with Crippen LogP contribution in [0.1, 0.15) is 20.8 Å². The van der Waals surface area contributed by atoms with E-state index in [2.05, 4.69) is 0 Å². The minimum Gasteiger partial charge on any atom is -0.479 e. The Labute approximate surface area is 117 Å².